The van der Waals surface area contributed by atoms with Gasteiger partial charge in [-0.05, 0) is 30.5 Å². The zero-order valence-corrected chi connectivity index (χ0v) is 15.0. The Morgan fingerprint density at radius 2 is 2.25 bits per heavy atom. The summed E-state index contributed by atoms with van der Waals surface area (Å²) in [6, 6.07) is 7.68. The number of aromatic nitrogens is 1. The van der Waals surface area contributed by atoms with Crippen LogP contribution in [-0.2, 0) is 4.74 Å². The number of thiazole rings is 1. The first-order valence-electron chi connectivity index (χ1n) is 7.57. The average molecular weight is 347 g/mol. The van der Waals surface area contributed by atoms with Crippen molar-refractivity contribution in [3.63, 3.8) is 0 Å². The van der Waals surface area contributed by atoms with Crippen molar-refractivity contribution in [2.45, 2.75) is 20.8 Å². The zero-order valence-electron chi connectivity index (χ0n) is 14.2. The first-order valence-corrected chi connectivity index (χ1v) is 8.39. The fraction of sp³-hybridized carbons (Fsp3) is 0.353. The highest BCUT2D eigenvalue weighted by Gasteiger charge is 2.15. The minimum absolute atomic E-state index is 0.392. The lowest BCUT2D eigenvalue weighted by atomic mass is 10.2. The Hall–Kier alpha value is -2.41. The van der Waals surface area contributed by atoms with Gasteiger partial charge < -0.3 is 9.47 Å². The molecule has 7 heteroatoms. The molecule has 0 atom stereocenters. The third-order valence-electron chi connectivity index (χ3n) is 2.98. The number of benzene rings is 1. The van der Waals surface area contributed by atoms with Crippen molar-refractivity contribution in [1.29, 1.82) is 0 Å². The molecule has 2 aromatic rings. The van der Waals surface area contributed by atoms with E-state index in [0.717, 1.165) is 11.3 Å². The van der Waals surface area contributed by atoms with Crippen molar-refractivity contribution in [2.24, 2.45) is 11.0 Å². The number of nitrogens with zero attached hydrogens (tertiary/aromatic N) is 2. The number of hydrogen-bond acceptors (Lipinski definition) is 7. The van der Waals surface area contributed by atoms with Crippen LogP contribution >= 0.6 is 11.3 Å². The SMILES string of the molecule is COC(=O)c1sc(N/N=C\c2cccc(OCC(C)C)c2)nc1C. The molecule has 1 heterocycles. The molecule has 1 aromatic carbocycles. The number of aryl methyl sites for hydroxylation is 1. The summed E-state index contributed by atoms with van der Waals surface area (Å²) in [5.74, 6) is 0.892. The molecule has 0 saturated carbocycles. The van der Waals surface area contributed by atoms with Crippen molar-refractivity contribution in [2.75, 3.05) is 19.1 Å². The lowest BCUT2D eigenvalue weighted by Gasteiger charge is -2.08. The van der Waals surface area contributed by atoms with Crippen LogP contribution in [0.25, 0.3) is 0 Å². The van der Waals surface area contributed by atoms with Crippen LogP contribution in [0.1, 0.15) is 34.8 Å². The van der Waals surface area contributed by atoms with Crippen LogP contribution in [0.15, 0.2) is 29.4 Å². The van der Waals surface area contributed by atoms with Crippen LogP contribution in [0.5, 0.6) is 5.75 Å². The predicted molar refractivity (Wildman–Crippen MR) is 96.2 cm³/mol. The Kier molecular flexibility index (Phi) is 6.31. The van der Waals surface area contributed by atoms with Gasteiger partial charge in [-0.1, -0.05) is 37.3 Å². The van der Waals surface area contributed by atoms with Crippen molar-refractivity contribution < 1.29 is 14.3 Å². The number of hydrazone groups is 1. The van der Waals surface area contributed by atoms with E-state index in [2.05, 4.69) is 29.4 Å². The Bertz CT molecular complexity index is 726. The van der Waals surface area contributed by atoms with E-state index < -0.39 is 5.97 Å². The molecule has 0 saturated heterocycles. The maximum absolute atomic E-state index is 11.6. The van der Waals surface area contributed by atoms with Gasteiger partial charge in [-0.2, -0.15) is 5.10 Å². The van der Waals surface area contributed by atoms with E-state index in [1.165, 1.54) is 18.4 Å². The van der Waals surface area contributed by atoms with Gasteiger partial charge in [0.05, 0.1) is 25.6 Å². The highest BCUT2D eigenvalue weighted by atomic mass is 32.1. The monoisotopic (exact) mass is 347 g/mol. The number of anilines is 1. The van der Waals surface area contributed by atoms with E-state index >= 15 is 0 Å². The van der Waals surface area contributed by atoms with Crippen LogP contribution in [-0.4, -0.2) is 30.9 Å². The highest BCUT2D eigenvalue weighted by molar-refractivity contribution is 7.17. The quantitative estimate of drug-likeness (QED) is 0.469. The normalized spacial score (nSPS) is 11.0. The summed E-state index contributed by atoms with van der Waals surface area (Å²) >= 11 is 1.21. The van der Waals surface area contributed by atoms with Crippen LogP contribution in [0, 0.1) is 12.8 Å². The third kappa shape index (κ3) is 5.06. The molecule has 6 nitrogen and oxygen atoms in total. The van der Waals surface area contributed by atoms with Gasteiger partial charge in [0.25, 0.3) is 0 Å². The van der Waals surface area contributed by atoms with E-state index in [9.17, 15) is 4.79 Å². The number of rotatable bonds is 7. The number of ether oxygens (including phenoxy) is 2. The number of hydrogen-bond donors (Lipinski definition) is 1. The summed E-state index contributed by atoms with van der Waals surface area (Å²) in [4.78, 5) is 16.3. The molecule has 1 aromatic heterocycles. The molecule has 0 aliphatic carbocycles. The summed E-state index contributed by atoms with van der Waals surface area (Å²) in [5.41, 5.74) is 4.36. The molecule has 0 aliphatic heterocycles. The van der Waals surface area contributed by atoms with E-state index in [4.69, 9.17) is 9.47 Å². The second kappa shape index (κ2) is 8.44. The number of carbonyl (C=O) groups excluding carboxylic acids is 1. The van der Waals surface area contributed by atoms with E-state index in [0.29, 0.717) is 28.2 Å². The van der Waals surface area contributed by atoms with Gasteiger partial charge in [-0.25, -0.2) is 9.78 Å². The van der Waals surface area contributed by atoms with E-state index in [1.807, 2.05) is 24.3 Å². The van der Waals surface area contributed by atoms with Gasteiger partial charge >= 0.3 is 5.97 Å². The Morgan fingerprint density at radius 3 is 2.96 bits per heavy atom. The molecule has 24 heavy (non-hydrogen) atoms. The molecule has 0 radical (unpaired) electrons. The Balaban J connectivity index is 1.99. The second-order valence-electron chi connectivity index (χ2n) is 5.57. The molecule has 0 unspecified atom stereocenters. The van der Waals surface area contributed by atoms with Crippen molar-refractivity contribution >= 4 is 28.7 Å². The van der Waals surface area contributed by atoms with Gasteiger partial charge in [0.2, 0.25) is 5.13 Å². The summed E-state index contributed by atoms with van der Waals surface area (Å²) in [7, 11) is 1.35. The topological polar surface area (TPSA) is 72.8 Å². The number of methoxy groups -OCH3 is 1. The molecule has 0 spiro atoms. The summed E-state index contributed by atoms with van der Waals surface area (Å²) in [5, 5.41) is 4.69. The van der Waals surface area contributed by atoms with Crippen LogP contribution in [0.4, 0.5) is 5.13 Å². The number of carbonyl (C=O) groups is 1. The highest BCUT2D eigenvalue weighted by Crippen LogP contribution is 2.23. The molecular weight excluding hydrogens is 326 g/mol. The van der Waals surface area contributed by atoms with Crippen LogP contribution < -0.4 is 10.2 Å². The fourth-order valence-electron chi connectivity index (χ4n) is 1.84. The molecular formula is C17H21N3O3S. The Labute approximate surface area is 145 Å². The van der Waals surface area contributed by atoms with Gasteiger partial charge in [-0.15, -0.1) is 0 Å². The van der Waals surface area contributed by atoms with Crippen molar-refractivity contribution in [3.8, 4) is 5.75 Å². The van der Waals surface area contributed by atoms with Gasteiger partial charge in [-0.3, -0.25) is 5.43 Å². The predicted octanol–water partition coefficient (Wildman–Crippen LogP) is 3.72. The smallest absolute Gasteiger partial charge is 0.350 e. The number of nitrogens with one attached hydrogen (secondary N) is 1. The summed E-state index contributed by atoms with van der Waals surface area (Å²) in [6.07, 6.45) is 1.68. The van der Waals surface area contributed by atoms with Gasteiger partial charge in [0.1, 0.15) is 10.6 Å². The lowest BCUT2D eigenvalue weighted by Crippen LogP contribution is -2.04. The summed E-state index contributed by atoms with van der Waals surface area (Å²) < 4.78 is 10.4. The lowest BCUT2D eigenvalue weighted by molar-refractivity contribution is 0.0605. The Morgan fingerprint density at radius 1 is 1.46 bits per heavy atom. The largest absolute Gasteiger partial charge is 0.493 e. The molecule has 0 aliphatic rings. The third-order valence-corrected chi connectivity index (χ3v) is 4.02. The average Bonchev–Trinajstić information content (AvgIpc) is 2.93. The van der Waals surface area contributed by atoms with Crippen molar-refractivity contribution in [3.05, 3.63) is 40.4 Å². The first-order chi connectivity index (χ1) is 11.5. The van der Waals surface area contributed by atoms with E-state index in [1.54, 1.807) is 13.1 Å². The molecule has 0 amide bonds. The first kappa shape index (κ1) is 17.9. The van der Waals surface area contributed by atoms with Crippen molar-refractivity contribution in [1.82, 2.24) is 4.98 Å². The summed E-state index contributed by atoms with van der Waals surface area (Å²) in [6.45, 7) is 6.64. The molecule has 0 bridgehead atoms. The maximum Gasteiger partial charge on any atom is 0.350 e. The van der Waals surface area contributed by atoms with Gasteiger partial charge in [0.15, 0.2) is 0 Å². The van der Waals surface area contributed by atoms with Gasteiger partial charge in [0, 0.05) is 0 Å². The molecule has 1 N–H and O–H groups in total. The minimum atomic E-state index is -0.392. The van der Waals surface area contributed by atoms with Crippen LogP contribution in [0.3, 0.4) is 0 Å². The molecule has 0 fully saturated rings. The standard InChI is InChI=1S/C17H21N3O3S/c1-11(2)10-23-14-7-5-6-13(8-14)9-18-20-17-19-12(3)15(24-17)16(21)22-4/h5-9,11H,10H2,1-4H3,(H,19,20)/b18-9-. The zero-order chi connectivity index (χ0) is 17.5. The minimum Gasteiger partial charge on any atom is -0.493 e. The molecule has 2 rings (SSSR count). The number of esters is 1. The maximum atomic E-state index is 11.6. The fourth-order valence-corrected chi connectivity index (χ4v) is 2.67. The van der Waals surface area contributed by atoms with E-state index in [-0.39, 0.29) is 0 Å². The molecule has 128 valence electrons. The second-order valence-corrected chi connectivity index (χ2v) is 6.57. The van der Waals surface area contributed by atoms with Crippen LogP contribution in [0.2, 0.25) is 0 Å².